The van der Waals surface area contributed by atoms with Crippen molar-refractivity contribution in [3.63, 3.8) is 0 Å². The number of carbonyl (C=O) groups is 2. The van der Waals surface area contributed by atoms with Crippen LogP contribution in [0.5, 0.6) is 5.75 Å². The Morgan fingerprint density at radius 3 is 2.55 bits per heavy atom. The second-order valence-electron chi connectivity index (χ2n) is 6.99. The van der Waals surface area contributed by atoms with E-state index in [9.17, 15) is 14.7 Å². The van der Waals surface area contributed by atoms with Gasteiger partial charge in [-0.2, -0.15) is 0 Å². The number of Topliss-reactive ketones (excluding diaryl/α,β-unsaturated/α-hetero) is 1. The van der Waals surface area contributed by atoms with Crippen LogP contribution in [0.3, 0.4) is 0 Å². The van der Waals surface area contributed by atoms with Crippen molar-refractivity contribution in [2.24, 2.45) is 0 Å². The monoisotopic (exact) mass is 473 g/mol. The molecule has 1 amide bonds. The second kappa shape index (κ2) is 8.38. The largest absolute Gasteiger partial charge is 0.507 e. The fraction of sp³-hybridized carbons (Fsp3) is 0.130. The Hall–Kier alpha value is -2.80. The summed E-state index contributed by atoms with van der Waals surface area (Å²) in [7, 11) is 1.40. The van der Waals surface area contributed by atoms with E-state index in [1.807, 2.05) is 42.6 Å². The zero-order valence-electron chi connectivity index (χ0n) is 16.6. The molecule has 1 aliphatic rings. The summed E-state index contributed by atoms with van der Waals surface area (Å²) in [5, 5.41) is 13.5. The summed E-state index contributed by atoms with van der Waals surface area (Å²) in [6.45, 7) is 1.90. The zero-order valence-corrected chi connectivity index (χ0v) is 18.9. The molecule has 0 aliphatic carbocycles. The lowest BCUT2D eigenvalue weighted by molar-refractivity contribution is -0.132. The van der Waals surface area contributed by atoms with Crippen molar-refractivity contribution in [1.82, 2.24) is 0 Å². The number of amides is 1. The smallest absolute Gasteiger partial charge is 0.300 e. The molecule has 2 aromatic carbocycles. The topological polar surface area (TPSA) is 66.8 Å². The third-order valence-corrected chi connectivity index (χ3v) is 6.43. The number of carbonyl (C=O) groups excluding carboxylic acids is 2. The molecule has 1 aromatic heterocycles. The van der Waals surface area contributed by atoms with Crippen LogP contribution >= 0.6 is 34.5 Å². The Balaban J connectivity index is 1.99. The molecule has 5 nitrogen and oxygen atoms in total. The van der Waals surface area contributed by atoms with Crippen molar-refractivity contribution in [3.8, 4) is 5.75 Å². The summed E-state index contributed by atoms with van der Waals surface area (Å²) in [5.74, 6) is -1.75. The zero-order chi connectivity index (χ0) is 22.3. The van der Waals surface area contributed by atoms with Gasteiger partial charge in [-0.05, 0) is 48.2 Å². The van der Waals surface area contributed by atoms with Crippen molar-refractivity contribution in [3.05, 3.63) is 85.5 Å². The summed E-state index contributed by atoms with van der Waals surface area (Å²) in [5.41, 5.74) is 1.60. The molecule has 0 saturated carbocycles. The van der Waals surface area contributed by atoms with E-state index in [1.165, 1.54) is 35.5 Å². The average molecular weight is 474 g/mol. The lowest BCUT2D eigenvalue weighted by Gasteiger charge is -2.24. The molecular weight excluding hydrogens is 457 g/mol. The second-order valence-corrected chi connectivity index (χ2v) is 8.81. The SMILES string of the molecule is COc1c(Cl)cc(Cl)cc1/C(O)=C1/C(=O)C(=O)N(c2cccc(C)c2)C1c1cccs1. The number of aliphatic hydroxyl groups excluding tert-OH is 1. The van der Waals surface area contributed by atoms with Crippen molar-refractivity contribution in [2.45, 2.75) is 13.0 Å². The van der Waals surface area contributed by atoms with E-state index in [2.05, 4.69) is 0 Å². The number of hydrogen-bond acceptors (Lipinski definition) is 5. The summed E-state index contributed by atoms with van der Waals surface area (Å²) in [6, 6.07) is 13.1. The third kappa shape index (κ3) is 3.71. The van der Waals surface area contributed by atoms with Crippen LogP contribution in [-0.2, 0) is 9.59 Å². The molecule has 2 heterocycles. The minimum absolute atomic E-state index is 0.0504. The van der Waals surface area contributed by atoms with Gasteiger partial charge in [-0.15, -0.1) is 11.3 Å². The Bertz CT molecular complexity index is 1220. The number of benzene rings is 2. The van der Waals surface area contributed by atoms with Crippen LogP contribution in [0.2, 0.25) is 10.0 Å². The molecule has 3 aromatic rings. The first-order valence-corrected chi connectivity index (χ1v) is 10.9. The summed E-state index contributed by atoms with van der Waals surface area (Å²) < 4.78 is 5.34. The fourth-order valence-electron chi connectivity index (χ4n) is 3.68. The summed E-state index contributed by atoms with van der Waals surface area (Å²) in [6.07, 6.45) is 0. The highest BCUT2D eigenvalue weighted by Gasteiger charge is 2.47. The van der Waals surface area contributed by atoms with Crippen LogP contribution in [0.25, 0.3) is 5.76 Å². The van der Waals surface area contributed by atoms with Crippen molar-refractivity contribution >= 4 is 57.7 Å². The van der Waals surface area contributed by atoms with Gasteiger partial charge in [-0.25, -0.2) is 0 Å². The number of halogens is 2. The minimum Gasteiger partial charge on any atom is -0.507 e. The van der Waals surface area contributed by atoms with Gasteiger partial charge in [-0.3, -0.25) is 14.5 Å². The number of methoxy groups -OCH3 is 1. The first-order valence-electron chi connectivity index (χ1n) is 9.28. The first kappa shape index (κ1) is 21.4. The quantitative estimate of drug-likeness (QED) is 0.286. The maximum absolute atomic E-state index is 13.2. The number of rotatable bonds is 4. The Kier molecular flexibility index (Phi) is 5.79. The molecule has 4 rings (SSSR count). The summed E-state index contributed by atoms with van der Waals surface area (Å²) in [4.78, 5) is 28.4. The van der Waals surface area contributed by atoms with E-state index in [-0.39, 0.29) is 26.9 Å². The van der Waals surface area contributed by atoms with Gasteiger partial charge in [0, 0.05) is 15.6 Å². The van der Waals surface area contributed by atoms with Crippen LogP contribution in [0.15, 0.2) is 59.5 Å². The number of thiophene rings is 1. The van der Waals surface area contributed by atoms with Crippen LogP contribution in [-0.4, -0.2) is 23.9 Å². The van der Waals surface area contributed by atoms with Gasteiger partial charge in [0.05, 0.1) is 23.3 Å². The molecule has 1 N–H and O–H groups in total. The van der Waals surface area contributed by atoms with Crippen LogP contribution in [0, 0.1) is 6.92 Å². The molecule has 1 aliphatic heterocycles. The molecule has 0 spiro atoms. The highest BCUT2D eigenvalue weighted by Crippen LogP contribution is 2.45. The number of aryl methyl sites for hydroxylation is 1. The van der Waals surface area contributed by atoms with Crippen LogP contribution in [0.4, 0.5) is 5.69 Å². The maximum Gasteiger partial charge on any atom is 0.300 e. The number of nitrogens with zero attached hydrogens (tertiary/aromatic N) is 1. The van der Waals surface area contributed by atoms with Gasteiger partial charge in [0.25, 0.3) is 11.7 Å². The summed E-state index contributed by atoms with van der Waals surface area (Å²) >= 11 is 13.7. The number of anilines is 1. The molecular formula is C23H17Cl2NO4S. The predicted molar refractivity (Wildman–Crippen MR) is 123 cm³/mol. The van der Waals surface area contributed by atoms with Crippen LogP contribution < -0.4 is 9.64 Å². The van der Waals surface area contributed by atoms with Gasteiger partial charge in [-0.1, -0.05) is 41.4 Å². The fourth-order valence-corrected chi connectivity index (χ4v) is 5.08. The van der Waals surface area contributed by atoms with E-state index in [0.717, 1.165) is 10.4 Å². The van der Waals surface area contributed by atoms with Gasteiger partial charge in [0.2, 0.25) is 0 Å². The van der Waals surface area contributed by atoms with E-state index in [1.54, 1.807) is 6.07 Å². The molecule has 1 fully saturated rings. The van der Waals surface area contributed by atoms with Crippen molar-refractivity contribution in [2.75, 3.05) is 12.0 Å². The maximum atomic E-state index is 13.2. The van der Waals surface area contributed by atoms with Gasteiger partial charge >= 0.3 is 0 Å². The lowest BCUT2D eigenvalue weighted by Crippen LogP contribution is -2.29. The normalized spacial score (nSPS) is 17.9. The van der Waals surface area contributed by atoms with E-state index < -0.39 is 23.5 Å². The van der Waals surface area contributed by atoms with E-state index in [0.29, 0.717) is 5.69 Å². The molecule has 1 unspecified atom stereocenters. The lowest BCUT2D eigenvalue weighted by atomic mass is 9.99. The van der Waals surface area contributed by atoms with E-state index in [4.69, 9.17) is 27.9 Å². The molecule has 158 valence electrons. The van der Waals surface area contributed by atoms with Gasteiger partial charge in [0.1, 0.15) is 17.6 Å². The molecule has 0 radical (unpaired) electrons. The molecule has 8 heteroatoms. The van der Waals surface area contributed by atoms with Crippen molar-refractivity contribution in [1.29, 1.82) is 0 Å². The minimum atomic E-state index is -0.802. The molecule has 0 bridgehead atoms. The Morgan fingerprint density at radius 1 is 1.13 bits per heavy atom. The number of aliphatic hydroxyl groups is 1. The van der Waals surface area contributed by atoms with E-state index >= 15 is 0 Å². The van der Waals surface area contributed by atoms with Crippen LogP contribution in [0.1, 0.15) is 22.0 Å². The molecule has 31 heavy (non-hydrogen) atoms. The number of ether oxygens (including phenoxy) is 1. The highest BCUT2D eigenvalue weighted by atomic mass is 35.5. The number of ketones is 1. The standard InChI is InChI=1S/C23H17Cl2NO4S/c1-12-5-3-6-14(9-12)26-19(17-7-4-8-31-17)18(21(28)23(26)29)20(27)15-10-13(24)11-16(25)22(15)30-2/h3-11,19,27H,1-2H3/b20-18-. The predicted octanol–water partition coefficient (Wildman–Crippen LogP) is 6.00. The Morgan fingerprint density at radius 2 is 1.90 bits per heavy atom. The van der Waals surface area contributed by atoms with Gasteiger partial charge in [0.15, 0.2) is 0 Å². The highest BCUT2D eigenvalue weighted by molar-refractivity contribution is 7.10. The first-order chi connectivity index (χ1) is 14.8. The van der Waals surface area contributed by atoms with Gasteiger partial charge < -0.3 is 9.84 Å². The average Bonchev–Trinajstić information content (AvgIpc) is 3.34. The molecule has 1 saturated heterocycles. The van der Waals surface area contributed by atoms with Crippen molar-refractivity contribution < 1.29 is 19.4 Å². The third-order valence-electron chi connectivity index (χ3n) is 5.00. The Labute approximate surface area is 193 Å². The number of hydrogen-bond donors (Lipinski definition) is 1. The molecule has 1 atom stereocenters.